The number of hydrogen-bond donors (Lipinski definition) is 8. The molecule has 12 nitrogen and oxygen atoms in total. The molecule has 0 saturated heterocycles. The lowest BCUT2D eigenvalue weighted by Crippen LogP contribution is -2.26. The Morgan fingerprint density at radius 1 is 0.724 bits per heavy atom. The molecular weight excluding hydrogens is 400 g/mol. The number of nitrogens with zero attached hydrogens (tertiary/aromatic N) is 2. The van der Waals surface area contributed by atoms with E-state index in [0.717, 1.165) is 11.1 Å². The molecule has 0 bridgehead atoms. The Balaban J connectivity index is 0.000000442. The van der Waals surface area contributed by atoms with Gasteiger partial charge in [0.2, 0.25) is 11.9 Å². The van der Waals surface area contributed by atoms with Crippen molar-refractivity contribution in [1.29, 1.82) is 0 Å². The fraction of sp³-hybridized carbons (Fsp3) is 0.125. The van der Waals surface area contributed by atoms with Crippen LogP contribution in [-0.2, 0) is 23.5 Å². The standard InChI is InChI=1S/2C8H12N4.H2O4S/c2*9-8(10)12-11-6-7-4-2-1-3-5-7;1-5(2,3)4/h2*1-5,11H,6H2,(H4,9,10,12);(H2,1,2,3,4). The highest BCUT2D eigenvalue weighted by Gasteiger charge is 1.88. The van der Waals surface area contributed by atoms with Gasteiger partial charge in [-0.3, -0.25) is 9.11 Å². The summed E-state index contributed by atoms with van der Waals surface area (Å²) >= 11 is 0. The van der Waals surface area contributed by atoms with Gasteiger partial charge in [0, 0.05) is 0 Å². The maximum atomic E-state index is 8.74. The molecule has 0 atom stereocenters. The molecule has 0 heterocycles. The summed E-state index contributed by atoms with van der Waals surface area (Å²) in [5, 5.41) is 7.28. The van der Waals surface area contributed by atoms with Crippen LogP contribution in [0, 0.1) is 0 Å². The van der Waals surface area contributed by atoms with Crippen molar-refractivity contribution in [3.8, 4) is 0 Å². The van der Waals surface area contributed by atoms with Crippen LogP contribution in [0.1, 0.15) is 11.1 Å². The molecule has 12 N–H and O–H groups in total. The lowest BCUT2D eigenvalue weighted by Gasteiger charge is -1.99. The zero-order valence-electron chi connectivity index (χ0n) is 15.5. The Hall–Kier alpha value is -3.55. The van der Waals surface area contributed by atoms with E-state index in [0.29, 0.717) is 13.1 Å². The van der Waals surface area contributed by atoms with Crippen molar-refractivity contribution in [3.05, 3.63) is 71.8 Å². The van der Waals surface area contributed by atoms with Gasteiger partial charge in [-0.2, -0.15) is 8.42 Å². The second kappa shape index (κ2) is 14.5. The second-order valence-corrected chi connectivity index (χ2v) is 6.06. The van der Waals surface area contributed by atoms with Gasteiger partial charge >= 0.3 is 10.4 Å². The quantitative estimate of drug-likeness (QED) is 0.125. The number of hydrogen-bond acceptors (Lipinski definition) is 6. The van der Waals surface area contributed by atoms with Crippen molar-refractivity contribution in [2.24, 2.45) is 33.1 Å². The van der Waals surface area contributed by atoms with E-state index < -0.39 is 10.4 Å². The van der Waals surface area contributed by atoms with Crippen LogP contribution in [0.25, 0.3) is 0 Å². The van der Waals surface area contributed by atoms with Crippen molar-refractivity contribution in [1.82, 2.24) is 10.9 Å². The summed E-state index contributed by atoms with van der Waals surface area (Å²) in [4.78, 5) is 0. The van der Waals surface area contributed by atoms with E-state index in [2.05, 4.69) is 21.1 Å². The first-order valence-corrected chi connectivity index (χ1v) is 9.38. The number of guanidine groups is 2. The van der Waals surface area contributed by atoms with Crippen LogP contribution in [0.5, 0.6) is 0 Å². The zero-order valence-corrected chi connectivity index (χ0v) is 16.3. The van der Waals surface area contributed by atoms with Gasteiger partial charge in [0.1, 0.15) is 0 Å². The second-order valence-electron chi connectivity index (χ2n) is 5.16. The third kappa shape index (κ3) is 20.6. The molecule has 0 radical (unpaired) electrons. The minimum absolute atomic E-state index is 0.0472. The van der Waals surface area contributed by atoms with E-state index >= 15 is 0 Å². The average molecular weight is 427 g/mol. The smallest absolute Gasteiger partial charge is 0.369 e. The Bertz CT molecular complexity index is 772. The van der Waals surface area contributed by atoms with Crippen LogP contribution in [0.2, 0.25) is 0 Å². The molecule has 29 heavy (non-hydrogen) atoms. The van der Waals surface area contributed by atoms with Crippen molar-refractivity contribution in [2.45, 2.75) is 13.1 Å². The molecule has 2 aromatic rings. The van der Waals surface area contributed by atoms with E-state index in [9.17, 15) is 0 Å². The lowest BCUT2D eigenvalue weighted by atomic mass is 10.2. The normalized spacial score (nSPS) is 9.45. The highest BCUT2D eigenvalue weighted by Crippen LogP contribution is 1.97. The molecule has 2 rings (SSSR count). The van der Waals surface area contributed by atoms with Crippen LogP contribution < -0.4 is 33.8 Å². The zero-order chi connectivity index (χ0) is 22.1. The topological polar surface area (TPSA) is 227 Å². The molecule has 0 unspecified atom stereocenters. The SMILES string of the molecule is NC(N)=NNCc1ccccc1.NC(N)=NNCc1ccccc1.O=S(=O)(O)O. The Morgan fingerprint density at radius 2 is 1.00 bits per heavy atom. The Labute approximate surface area is 169 Å². The Morgan fingerprint density at radius 3 is 1.24 bits per heavy atom. The van der Waals surface area contributed by atoms with E-state index in [1.807, 2.05) is 60.7 Å². The fourth-order valence-corrected chi connectivity index (χ4v) is 1.64. The maximum Gasteiger partial charge on any atom is 0.394 e. The average Bonchev–Trinajstić information content (AvgIpc) is 2.62. The van der Waals surface area contributed by atoms with Gasteiger partial charge in [0.05, 0.1) is 13.1 Å². The van der Waals surface area contributed by atoms with Gasteiger partial charge in [-0.15, -0.1) is 10.2 Å². The minimum atomic E-state index is -4.67. The molecule has 0 saturated carbocycles. The molecule has 0 spiro atoms. The monoisotopic (exact) mass is 426 g/mol. The van der Waals surface area contributed by atoms with E-state index in [-0.39, 0.29) is 11.9 Å². The highest BCUT2D eigenvalue weighted by atomic mass is 32.3. The minimum Gasteiger partial charge on any atom is -0.369 e. The summed E-state index contributed by atoms with van der Waals surface area (Å²) < 4.78 is 31.6. The number of hydrazone groups is 2. The fourth-order valence-electron chi connectivity index (χ4n) is 1.64. The molecule has 13 heteroatoms. The predicted molar refractivity (Wildman–Crippen MR) is 112 cm³/mol. The molecule has 0 aliphatic carbocycles. The first-order valence-electron chi connectivity index (χ1n) is 7.98. The van der Waals surface area contributed by atoms with Crippen LogP contribution in [0.4, 0.5) is 0 Å². The van der Waals surface area contributed by atoms with Crippen molar-refractivity contribution in [2.75, 3.05) is 0 Å². The van der Waals surface area contributed by atoms with Crippen LogP contribution in [-0.4, -0.2) is 29.4 Å². The molecule has 2 aromatic carbocycles. The lowest BCUT2D eigenvalue weighted by molar-refractivity contribution is 0.381. The first kappa shape index (κ1) is 25.4. The summed E-state index contributed by atoms with van der Waals surface area (Å²) in [5.41, 5.74) is 28.2. The summed E-state index contributed by atoms with van der Waals surface area (Å²) in [6, 6.07) is 19.8. The van der Waals surface area contributed by atoms with Crippen molar-refractivity contribution in [3.63, 3.8) is 0 Å². The van der Waals surface area contributed by atoms with E-state index in [1.54, 1.807) is 0 Å². The van der Waals surface area contributed by atoms with Crippen molar-refractivity contribution < 1.29 is 17.5 Å². The van der Waals surface area contributed by atoms with E-state index in [4.69, 9.17) is 40.5 Å². The molecule has 0 aliphatic rings. The maximum absolute atomic E-state index is 8.74. The Kier molecular flexibility index (Phi) is 12.7. The van der Waals surface area contributed by atoms with E-state index in [1.165, 1.54) is 0 Å². The van der Waals surface area contributed by atoms with Gasteiger partial charge in [0.25, 0.3) is 0 Å². The van der Waals surface area contributed by atoms with Crippen LogP contribution in [0.3, 0.4) is 0 Å². The largest absolute Gasteiger partial charge is 0.394 e. The summed E-state index contributed by atoms with van der Waals surface area (Å²) in [6.07, 6.45) is 0. The predicted octanol–water partition coefficient (Wildman–Crippen LogP) is -0.724. The molecule has 0 fully saturated rings. The third-order valence-corrected chi connectivity index (χ3v) is 2.67. The van der Waals surface area contributed by atoms with Crippen molar-refractivity contribution >= 4 is 22.3 Å². The van der Waals surface area contributed by atoms with Crippen LogP contribution in [0.15, 0.2) is 70.9 Å². The highest BCUT2D eigenvalue weighted by molar-refractivity contribution is 7.79. The summed E-state index contributed by atoms with van der Waals surface area (Å²) in [5.74, 6) is 0.0943. The summed E-state index contributed by atoms with van der Waals surface area (Å²) in [6.45, 7) is 1.28. The molecule has 160 valence electrons. The molecule has 0 aliphatic heterocycles. The van der Waals surface area contributed by atoms with Gasteiger partial charge in [-0.25, -0.2) is 0 Å². The number of nitrogens with two attached hydrogens (primary N) is 4. The van der Waals surface area contributed by atoms with Gasteiger partial charge in [-0.05, 0) is 11.1 Å². The first-order chi connectivity index (χ1) is 13.6. The number of benzene rings is 2. The number of rotatable bonds is 6. The third-order valence-electron chi connectivity index (χ3n) is 2.67. The number of nitrogens with one attached hydrogen (secondary N) is 2. The molecule has 0 aromatic heterocycles. The molecular formula is C16H26N8O4S. The molecule has 0 amide bonds. The van der Waals surface area contributed by atoms with Gasteiger partial charge in [-0.1, -0.05) is 60.7 Å². The van der Waals surface area contributed by atoms with Gasteiger partial charge in [0.15, 0.2) is 0 Å². The summed E-state index contributed by atoms with van der Waals surface area (Å²) in [7, 11) is -4.67. The van der Waals surface area contributed by atoms with Crippen LogP contribution >= 0.6 is 0 Å². The van der Waals surface area contributed by atoms with Gasteiger partial charge < -0.3 is 33.8 Å².